The Hall–Kier alpha value is -0.740. The average molecular weight is 280 g/mol. The Morgan fingerprint density at radius 2 is 1.94 bits per heavy atom. The quantitative estimate of drug-likeness (QED) is 0.759. The van der Waals surface area contributed by atoms with Gasteiger partial charge in [-0.05, 0) is 30.2 Å². The lowest BCUT2D eigenvalue weighted by Gasteiger charge is -2.16. The third kappa shape index (κ3) is 4.18. The largest absolute Gasteiger partial charge is 0.416 e. The highest BCUT2D eigenvalue weighted by atomic mass is 35.5. The first-order valence-corrected chi connectivity index (χ1v) is 6.36. The minimum atomic E-state index is -4.36. The van der Waals surface area contributed by atoms with Crippen LogP contribution in [0.15, 0.2) is 18.2 Å². The Labute approximate surface area is 110 Å². The van der Waals surface area contributed by atoms with Crippen molar-refractivity contribution in [2.75, 3.05) is 0 Å². The summed E-state index contributed by atoms with van der Waals surface area (Å²) in [6, 6.07) is 2.86. The number of unbranched alkanes of at least 4 members (excludes halogenated alkanes) is 2. The van der Waals surface area contributed by atoms with Gasteiger partial charge in [0.05, 0.1) is 5.56 Å². The van der Waals surface area contributed by atoms with E-state index in [1.54, 1.807) is 0 Å². The van der Waals surface area contributed by atoms with E-state index >= 15 is 0 Å². The van der Waals surface area contributed by atoms with Crippen LogP contribution in [0.25, 0.3) is 0 Å². The van der Waals surface area contributed by atoms with Crippen molar-refractivity contribution in [2.45, 2.75) is 44.8 Å². The van der Waals surface area contributed by atoms with Gasteiger partial charge in [0.15, 0.2) is 0 Å². The molecule has 102 valence electrons. The highest BCUT2D eigenvalue weighted by Crippen LogP contribution is 2.34. The summed E-state index contributed by atoms with van der Waals surface area (Å²) in [4.78, 5) is 0. The Bertz CT molecular complexity index is 390. The number of hydrogen-bond acceptors (Lipinski definition) is 1. The van der Waals surface area contributed by atoms with E-state index < -0.39 is 17.8 Å². The molecule has 0 aliphatic carbocycles. The SMILES string of the molecule is CCCCC[C@H](N)c1cc(C(F)(F)F)ccc1Cl. The first-order chi connectivity index (χ1) is 8.36. The van der Waals surface area contributed by atoms with E-state index in [9.17, 15) is 13.2 Å². The van der Waals surface area contributed by atoms with Crippen LogP contribution in [0.2, 0.25) is 5.02 Å². The Kier molecular flexibility index (Phi) is 5.47. The Balaban J connectivity index is 2.86. The van der Waals surface area contributed by atoms with Crippen LogP contribution in [-0.4, -0.2) is 0 Å². The first-order valence-electron chi connectivity index (χ1n) is 5.98. The van der Waals surface area contributed by atoms with Crippen molar-refractivity contribution in [1.29, 1.82) is 0 Å². The Morgan fingerprint density at radius 1 is 1.28 bits per heavy atom. The molecule has 1 rings (SSSR count). The molecular formula is C13H17ClF3N. The van der Waals surface area contributed by atoms with E-state index in [0.29, 0.717) is 17.0 Å². The minimum Gasteiger partial charge on any atom is -0.324 e. The van der Waals surface area contributed by atoms with Gasteiger partial charge in [0.2, 0.25) is 0 Å². The fourth-order valence-corrected chi connectivity index (χ4v) is 2.03. The van der Waals surface area contributed by atoms with Crippen LogP contribution in [0, 0.1) is 0 Å². The van der Waals surface area contributed by atoms with Gasteiger partial charge in [-0.2, -0.15) is 13.2 Å². The number of hydrogen-bond donors (Lipinski definition) is 1. The molecule has 0 unspecified atom stereocenters. The summed E-state index contributed by atoms with van der Waals surface area (Å²) in [5, 5.41) is 0.298. The summed E-state index contributed by atoms with van der Waals surface area (Å²) in [6.07, 6.45) is -0.755. The van der Waals surface area contributed by atoms with Gasteiger partial charge in [-0.25, -0.2) is 0 Å². The molecule has 2 N–H and O–H groups in total. The molecule has 0 spiro atoms. The predicted octanol–water partition coefficient (Wildman–Crippen LogP) is 4.94. The summed E-state index contributed by atoms with van der Waals surface area (Å²) >= 11 is 5.91. The lowest BCUT2D eigenvalue weighted by molar-refractivity contribution is -0.137. The smallest absolute Gasteiger partial charge is 0.324 e. The minimum absolute atomic E-state index is 0.298. The molecule has 5 heteroatoms. The number of nitrogens with two attached hydrogens (primary N) is 1. The van der Waals surface area contributed by atoms with Crippen LogP contribution in [0.5, 0.6) is 0 Å². The zero-order valence-corrected chi connectivity index (χ0v) is 11.0. The lowest BCUT2D eigenvalue weighted by atomic mass is 9.99. The van der Waals surface area contributed by atoms with E-state index in [0.717, 1.165) is 31.4 Å². The molecule has 0 amide bonds. The molecule has 0 fully saturated rings. The normalized spacial score (nSPS) is 13.7. The molecule has 1 nitrogen and oxygen atoms in total. The zero-order valence-electron chi connectivity index (χ0n) is 10.2. The second-order valence-corrected chi connectivity index (χ2v) is 4.74. The summed E-state index contributed by atoms with van der Waals surface area (Å²) in [6.45, 7) is 2.06. The van der Waals surface area contributed by atoms with Crippen LogP contribution in [0.3, 0.4) is 0 Å². The third-order valence-electron chi connectivity index (χ3n) is 2.84. The van der Waals surface area contributed by atoms with Gasteiger partial charge in [-0.1, -0.05) is 37.8 Å². The first kappa shape index (κ1) is 15.3. The van der Waals surface area contributed by atoms with Crippen molar-refractivity contribution in [3.63, 3.8) is 0 Å². The van der Waals surface area contributed by atoms with Crippen molar-refractivity contribution in [3.8, 4) is 0 Å². The summed E-state index contributed by atoms with van der Waals surface area (Å²) < 4.78 is 37.8. The van der Waals surface area contributed by atoms with Crippen LogP contribution < -0.4 is 5.73 Å². The van der Waals surface area contributed by atoms with Crippen LogP contribution in [-0.2, 0) is 6.18 Å². The number of benzene rings is 1. The zero-order chi connectivity index (χ0) is 13.8. The number of rotatable bonds is 5. The van der Waals surface area contributed by atoms with E-state index in [1.807, 2.05) is 0 Å². The van der Waals surface area contributed by atoms with Gasteiger partial charge in [0.1, 0.15) is 0 Å². The van der Waals surface area contributed by atoms with Gasteiger partial charge in [-0.3, -0.25) is 0 Å². The third-order valence-corrected chi connectivity index (χ3v) is 3.19. The number of halogens is 4. The van der Waals surface area contributed by atoms with Crippen molar-refractivity contribution in [2.24, 2.45) is 5.73 Å². The van der Waals surface area contributed by atoms with Gasteiger partial charge in [-0.15, -0.1) is 0 Å². The maximum atomic E-state index is 12.6. The Morgan fingerprint density at radius 3 is 2.50 bits per heavy atom. The standard InChI is InChI=1S/C13H17ClF3N/c1-2-3-4-5-12(18)10-8-9(13(15,16)17)6-7-11(10)14/h6-8,12H,2-5,18H2,1H3/t12-/m0/s1. The molecule has 0 bridgehead atoms. The maximum Gasteiger partial charge on any atom is 0.416 e. The van der Waals surface area contributed by atoms with Gasteiger partial charge < -0.3 is 5.73 Å². The fraction of sp³-hybridized carbons (Fsp3) is 0.538. The van der Waals surface area contributed by atoms with Crippen LogP contribution in [0.1, 0.15) is 49.8 Å². The number of alkyl halides is 3. The molecule has 0 aliphatic rings. The van der Waals surface area contributed by atoms with Crippen molar-refractivity contribution >= 4 is 11.6 Å². The second kappa shape index (κ2) is 6.43. The van der Waals surface area contributed by atoms with Crippen molar-refractivity contribution in [3.05, 3.63) is 34.3 Å². The highest BCUT2D eigenvalue weighted by molar-refractivity contribution is 6.31. The molecule has 1 aromatic carbocycles. The van der Waals surface area contributed by atoms with Crippen molar-refractivity contribution < 1.29 is 13.2 Å². The molecular weight excluding hydrogens is 263 g/mol. The summed E-state index contributed by atoms with van der Waals surface area (Å²) in [5.41, 5.74) is 5.57. The van der Waals surface area contributed by atoms with Gasteiger partial charge in [0.25, 0.3) is 0 Å². The van der Waals surface area contributed by atoms with Crippen molar-refractivity contribution in [1.82, 2.24) is 0 Å². The summed E-state index contributed by atoms with van der Waals surface area (Å²) in [5.74, 6) is 0. The molecule has 0 radical (unpaired) electrons. The van der Waals surface area contributed by atoms with E-state index in [2.05, 4.69) is 6.92 Å². The molecule has 1 atom stereocenters. The van der Waals surface area contributed by atoms with E-state index in [-0.39, 0.29) is 0 Å². The van der Waals surface area contributed by atoms with E-state index in [4.69, 9.17) is 17.3 Å². The summed E-state index contributed by atoms with van der Waals surface area (Å²) in [7, 11) is 0. The highest BCUT2D eigenvalue weighted by Gasteiger charge is 2.31. The molecule has 1 aromatic rings. The maximum absolute atomic E-state index is 12.6. The molecule has 0 aliphatic heterocycles. The van der Waals surface area contributed by atoms with E-state index in [1.165, 1.54) is 6.07 Å². The van der Waals surface area contributed by atoms with Crippen LogP contribution >= 0.6 is 11.6 Å². The second-order valence-electron chi connectivity index (χ2n) is 4.34. The molecule has 18 heavy (non-hydrogen) atoms. The van der Waals surface area contributed by atoms with Gasteiger partial charge >= 0.3 is 6.18 Å². The van der Waals surface area contributed by atoms with Crippen LogP contribution in [0.4, 0.5) is 13.2 Å². The topological polar surface area (TPSA) is 26.0 Å². The molecule has 0 saturated heterocycles. The average Bonchev–Trinajstić information content (AvgIpc) is 2.28. The van der Waals surface area contributed by atoms with Gasteiger partial charge in [0, 0.05) is 11.1 Å². The molecule has 0 heterocycles. The predicted molar refractivity (Wildman–Crippen MR) is 67.5 cm³/mol. The monoisotopic (exact) mass is 279 g/mol. The fourth-order valence-electron chi connectivity index (χ4n) is 1.77. The lowest BCUT2D eigenvalue weighted by Crippen LogP contribution is -2.13. The molecule has 0 aromatic heterocycles. The molecule has 0 saturated carbocycles.